The van der Waals surface area contributed by atoms with Crippen LogP contribution >= 0.6 is 58.0 Å². The number of rotatable bonds is 2. The number of halogens is 5. The Kier molecular flexibility index (Phi) is 8.08. The molecule has 0 saturated carbocycles. The maximum atomic E-state index is 8.72. The molecule has 22 heavy (non-hydrogen) atoms. The summed E-state index contributed by atoms with van der Waals surface area (Å²) in [4.78, 5) is 0. The van der Waals surface area contributed by atoms with Crippen LogP contribution < -0.4 is 5.73 Å². The van der Waals surface area contributed by atoms with E-state index in [1.54, 1.807) is 24.3 Å². The zero-order valence-electron chi connectivity index (χ0n) is 11.1. The molecule has 4 N–H and O–H groups in total. The van der Waals surface area contributed by atoms with E-state index in [-0.39, 0.29) is 13.2 Å². The molecule has 2 rings (SSSR count). The van der Waals surface area contributed by atoms with Gasteiger partial charge < -0.3 is 15.9 Å². The molecule has 3 nitrogen and oxygen atoms in total. The quantitative estimate of drug-likeness (QED) is 0.476. The number of hydrogen-bond donors (Lipinski definition) is 3. The molecule has 0 heterocycles. The van der Waals surface area contributed by atoms with Crippen LogP contribution in [0.2, 0.25) is 25.1 Å². The summed E-state index contributed by atoms with van der Waals surface area (Å²) >= 11 is 28.4. The molecule has 0 amide bonds. The van der Waals surface area contributed by atoms with Crippen molar-refractivity contribution >= 4 is 63.7 Å². The number of benzene rings is 2. The summed E-state index contributed by atoms with van der Waals surface area (Å²) in [6.45, 7) is -0.170. The van der Waals surface area contributed by atoms with Gasteiger partial charge in [0.15, 0.2) is 0 Å². The SMILES string of the molecule is Nc1c(Cl)cc(CO)cc1Cl.OCc1cc(Cl)c(Cl)c(Cl)c1. The lowest BCUT2D eigenvalue weighted by Crippen LogP contribution is -1.90. The Labute approximate surface area is 153 Å². The Balaban J connectivity index is 0.000000220. The number of aliphatic hydroxyl groups excluding tert-OH is 2. The highest BCUT2D eigenvalue weighted by Gasteiger charge is 2.04. The summed E-state index contributed by atoms with van der Waals surface area (Å²) in [5, 5.41) is 19.2. The third-order valence-electron chi connectivity index (χ3n) is 2.55. The van der Waals surface area contributed by atoms with E-state index in [0.717, 1.165) is 0 Å². The van der Waals surface area contributed by atoms with E-state index in [2.05, 4.69) is 0 Å². The Morgan fingerprint density at radius 2 is 1.00 bits per heavy atom. The molecule has 2 aromatic rings. The molecule has 0 aliphatic carbocycles. The van der Waals surface area contributed by atoms with Gasteiger partial charge in [-0.25, -0.2) is 0 Å². The third kappa shape index (κ3) is 5.36. The molecular formula is C14H12Cl5NO2. The van der Waals surface area contributed by atoms with E-state index in [1.807, 2.05) is 0 Å². The molecule has 0 atom stereocenters. The van der Waals surface area contributed by atoms with Crippen LogP contribution in [0.5, 0.6) is 0 Å². The van der Waals surface area contributed by atoms with Gasteiger partial charge in [0.2, 0.25) is 0 Å². The summed E-state index contributed by atoms with van der Waals surface area (Å²) in [7, 11) is 0. The molecule has 0 unspecified atom stereocenters. The van der Waals surface area contributed by atoms with Gasteiger partial charge in [0.1, 0.15) is 0 Å². The van der Waals surface area contributed by atoms with E-state index in [4.69, 9.17) is 74.0 Å². The molecule has 0 saturated heterocycles. The van der Waals surface area contributed by atoms with Crippen LogP contribution in [0, 0.1) is 0 Å². The normalized spacial score (nSPS) is 10.1. The first-order valence-electron chi connectivity index (χ1n) is 5.88. The van der Waals surface area contributed by atoms with Crippen molar-refractivity contribution in [2.45, 2.75) is 13.2 Å². The molecule has 8 heteroatoms. The Bertz CT molecular complexity index is 560. The summed E-state index contributed by atoms with van der Waals surface area (Å²) in [5.41, 5.74) is 7.13. The van der Waals surface area contributed by atoms with Crippen molar-refractivity contribution in [3.63, 3.8) is 0 Å². The van der Waals surface area contributed by atoms with Crippen molar-refractivity contribution in [1.82, 2.24) is 0 Å². The second kappa shape index (κ2) is 9.04. The van der Waals surface area contributed by atoms with E-state index in [1.165, 1.54) is 0 Å². The van der Waals surface area contributed by atoms with Gasteiger partial charge in [0, 0.05) is 0 Å². The van der Waals surface area contributed by atoms with Crippen molar-refractivity contribution in [1.29, 1.82) is 0 Å². The standard InChI is InChI=1S/C7H5Cl3O.C7H7Cl2NO/c2*8-5-1-4(3-11)2-6(9)7(5)10/h1-2,11H,3H2;1-2,11H,3,10H2. The second-order valence-corrected chi connectivity index (χ2v) is 6.17. The third-order valence-corrected chi connectivity index (χ3v) is 4.37. The second-order valence-electron chi connectivity index (χ2n) is 4.16. The van der Waals surface area contributed by atoms with Crippen LogP contribution in [0.1, 0.15) is 11.1 Å². The van der Waals surface area contributed by atoms with Crippen molar-refractivity contribution in [2.24, 2.45) is 0 Å². The summed E-state index contributed by atoms with van der Waals surface area (Å²) < 4.78 is 0. The first-order chi connectivity index (χ1) is 10.3. The Morgan fingerprint density at radius 1 is 0.682 bits per heavy atom. The van der Waals surface area contributed by atoms with Gasteiger partial charge in [0.25, 0.3) is 0 Å². The van der Waals surface area contributed by atoms with Gasteiger partial charge in [-0.2, -0.15) is 0 Å². The molecule has 0 fully saturated rings. The van der Waals surface area contributed by atoms with Crippen molar-refractivity contribution in [3.05, 3.63) is 60.5 Å². The molecule has 2 aromatic carbocycles. The maximum absolute atomic E-state index is 8.72. The topological polar surface area (TPSA) is 66.5 Å². The molecule has 0 aliphatic rings. The van der Waals surface area contributed by atoms with E-state index < -0.39 is 0 Å². The highest BCUT2D eigenvalue weighted by molar-refractivity contribution is 6.48. The minimum atomic E-state index is -0.0867. The van der Waals surface area contributed by atoms with Crippen LogP contribution in [0.25, 0.3) is 0 Å². The van der Waals surface area contributed by atoms with Crippen LogP contribution in [0.3, 0.4) is 0 Å². The lowest BCUT2D eigenvalue weighted by atomic mass is 10.2. The molecule has 0 spiro atoms. The molecule has 0 aliphatic heterocycles. The van der Waals surface area contributed by atoms with Gasteiger partial charge in [-0.1, -0.05) is 58.0 Å². The van der Waals surface area contributed by atoms with Crippen LogP contribution in [-0.4, -0.2) is 10.2 Å². The zero-order valence-corrected chi connectivity index (χ0v) is 14.9. The number of nitrogens with two attached hydrogens (primary N) is 1. The van der Waals surface area contributed by atoms with Crippen LogP contribution in [0.4, 0.5) is 5.69 Å². The largest absolute Gasteiger partial charge is 0.396 e. The summed E-state index contributed by atoms with van der Waals surface area (Å²) in [5.74, 6) is 0. The fourth-order valence-electron chi connectivity index (χ4n) is 1.43. The van der Waals surface area contributed by atoms with Crippen molar-refractivity contribution in [2.75, 3.05) is 5.73 Å². The summed E-state index contributed by atoms with van der Waals surface area (Å²) in [6, 6.07) is 6.33. The van der Waals surface area contributed by atoms with E-state index in [0.29, 0.717) is 41.9 Å². The van der Waals surface area contributed by atoms with Gasteiger partial charge in [-0.3, -0.25) is 0 Å². The highest BCUT2D eigenvalue weighted by atomic mass is 35.5. The van der Waals surface area contributed by atoms with Crippen LogP contribution in [0.15, 0.2) is 24.3 Å². The van der Waals surface area contributed by atoms with E-state index in [9.17, 15) is 0 Å². The first-order valence-corrected chi connectivity index (χ1v) is 7.77. The fourth-order valence-corrected chi connectivity index (χ4v) is 2.60. The number of hydrogen-bond acceptors (Lipinski definition) is 3. The molecule has 120 valence electrons. The highest BCUT2D eigenvalue weighted by Crippen LogP contribution is 2.31. The van der Waals surface area contributed by atoms with Gasteiger partial charge >= 0.3 is 0 Å². The van der Waals surface area contributed by atoms with Crippen molar-refractivity contribution in [3.8, 4) is 0 Å². The minimum Gasteiger partial charge on any atom is -0.396 e. The Hall–Kier alpha value is -0.390. The first kappa shape index (κ1) is 19.7. The average molecular weight is 404 g/mol. The lowest BCUT2D eigenvalue weighted by molar-refractivity contribution is 0.281. The van der Waals surface area contributed by atoms with Gasteiger partial charge in [0.05, 0.1) is 44.0 Å². The summed E-state index contributed by atoms with van der Waals surface area (Å²) in [6.07, 6.45) is 0. The lowest BCUT2D eigenvalue weighted by Gasteiger charge is -2.02. The smallest absolute Gasteiger partial charge is 0.0778 e. The average Bonchev–Trinajstić information content (AvgIpc) is 2.49. The van der Waals surface area contributed by atoms with Crippen LogP contribution in [-0.2, 0) is 13.2 Å². The monoisotopic (exact) mass is 401 g/mol. The minimum absolute atomic E-state index is 0.0836. The zero-order chi connectivity index (χ0) is 16.9. The number of anilines is 1. The molecular weight excluding hydrogens is 391 g/mol. The van der Waals surface area contributed by atoms with E-state index >= 15 is 0 Å². The predicted molar refractivity (Wildman–Crippen MR) is 94.2 cm³/mol. The fraction of sp³-hybridized carbons (Fsp3) is 0.143. The molecule has 0 aromatic heterocycles. The molecule has 0 radical (unpaired) electrons. The van der Waals surface area contributed by atoms with Gasteiger partial charge in [-0.05, 0) is 35.4 Å². The number of aliphatic hydroxyl groups is 2. The van der Waals surface area contributed by atoms with Gasteiger partial charge in [-0.15, -0.1) is 0 Å². The number of nitrogen functional groups attached to an aromatic ring is 1. The van der Waals surface area contributed by atoms with Crippen molar-refractivity contribution < 1.29 is 10.2 Å². The predicted octanol–water partition coefficient (Wildman–Crippen LogP) is 5.21. The Morgan fingerprint density at radius 3 is 1.32 bits per heavy atom. The molecule has 0 bridgehead atoms. The maximum Gasteiger partial charge on any atom is 0.0778 e.